The average molecular weight is 919 g/mol. The lowest BCUT2D eigenvalue weighted by molar-refractivity contribution is 0.661. The van der Waals surface area contributed by atoms with Gasteiger partial charge < -0.3 is 8.98 Å². The molecule has 0 saturated heterocycles. The zero-order valence-electron chi connectivity index (χ0n) is 39.5. The van der Waals surface area contributed by atoms with Crippen LogP contribution in [-0.4, -0.2) is 19.5 Å². The van der Waals surface area contributed by atoms with Gasteiger partial charge in [-0.25, -0.2) is 15.0 Å². The van der Waals surface area contributed by atoms with Crippen LogP contribution in [-0.2, 0) is 10.8 Å². The van der Waals surface area contributed by atoms with E-state index >= 15 is 0 Å². The highest BCUT2D eigenvalue weighted by Gasteiger charge is 2.51. The van der Waals surface area contributed by atoms with E-state index in [4.69, 9.17) is 19.4 Å². The van der Waals surface area contributed by atoms with E-state index in [0.717, 1.165) is 55.3 Å². The summed E-state index contributed by atoms with van der Waals surface area (Å²) in [6, 6.07) is 79.2. The van der Waals surface area contributed by atoms with Crippen molar-refractivity contribution in [1.29, 1.82) is 0 Å². The van der Waals surface area contributed by atoms with E-state index < -0.39 is 5.41 Å². The van der Waals surface area contributed by atoms with Crippen molar-refractivity contribution in [3.8, 4) is 73.2 Å². The number of aromatic nitrogens is 4. The Morgan fingerprint density at radius 1 is 0.347 bits per heavy atom. The SMILES string of the molecule is CC1(C)c2ccccc2-c2cc3c4ccccc4n(-c4cc(-c5nc(-c6ccccc6)nc(-c6ccc7c(c6)C6(c8ccccc8-c8ccccc86)c6ccccc6-7)n5)c5c(c4)oc4ccccc45)c3cc21. The van der Waals surface area contributed by atoms with Crippen molar-refractivity contribution in [2.24, 2.45) is 0 Å². The van der Waals surface area contributed by atoms with E-state index in [2.05, 4.69) is 206 Å². The fraction of sp³-hybridized carbons (Fsp3) is 0.0597. The van der Waals surface area contributed by atoms with Crippen molar-refractivity contribution in [2.75, 3.05) is 0 Å². The van der Waals surface area contributed by atoms with Gasteiger partial charge in [-0.3, -0.25) is 0 Å². The van der Waals surface area contributed by atoms with Crippen molar-refractivity contribution in [2.45, 2.75) is 24.7 Å². The second-order valence-corrected chi connectivity index (χ2v) is 20.2. The molecule has 3 aromatic heterocycles. The van der Waals surface area contributed by atoms with Crippen LogP contribution in [0, 0.1) is 0 Å². The summed E-state index contributed by atoms with van der Waals surface area (Å²) in [5, 5.41) is 4.38. The summed E-state index contributed by atoms with van der Waals surface area (Å²) in [6.07, 6.45) is 0. The molecule has 0 saturated carbocycles. The Labute approximate surface area is 415 Å². The van der Waals surface area contributed by atoms with Gasteiger partial charge in [-0.2, -0.15) is 0 Å². The molecule has 3 heterocycles. The highest BCUT2D eigenvalue weighted by molar-refractivity contribution is 6.15. The first-order chi connectivity index (χ1) is 35.4. The van der Waals surface area contributed by atoms with Crippen LogP contribution in [0.2, 0.25) is 0 Å². The quantitative estimate of drug-likeness (QED) is 0.176. The Morgan fingerprint density at radius 2 is 0.903 bits per heavy atom. The molecule has 3 aliphatic rings. The van der Waals surface area contributed by atoms with Crippen molar-refractivity contribution >= 4 is 43.7 Å². The van der Waals surface area contributed by atoms with E-state index in [1.807, 2.05) is 30.3 Å². The normalized spacial score (nSPS) is 14.2. The molecule has 0 aliphatic heterocycles. The second kappa shape index (κ2) is 14.2. The molecular weight excluding hydrogens is 877 g/mol. The van der Waals surface area contributed by atoms with Gasteiger partial charge in [0.15, 0.2) is 17.5 Å². The predicted molar refractivity (Wildman–Crippen MR) is 292 cm³/mol. The number of nitrogens with zero attached hydrogens (tertiary/aromatic N) is 4. The summed E-state index contributed by atoms with van der Waals surface area (Å²) in [7, 11) is 0. The molecule has 0 N–H and O–H groups in total. The third-order valence-electron chi connectivity index (χ3n) is 16.3. The third kappa shape index (κ3) is 5.14. The summed E-state index contributed by atoms with van der Waals surface area (Å²) in [4.78, 5) is 16.4. The maximum absolute atomic E-state index is 6.86. The summed E-state index contributed by atoms with van der Waals surface area (Å²) >= 11 is 0. The zero-order valence-corrected chi connectivity index (χ0v) is 39.5. The molecular formula is C67H42N4O. The largest absolute Gasteiger partial charge is 0.456 e. The Hall–Kier alpha value is -9.19. The van der Waals surface area contributed by atoms with Gasteiger partial charge in [0.25, 0.3) is 0 Å². The lowest BCUT2D eigenvalue weighted by atomic mass is 9.70. The second-order valence-electron chi connectivity index (χ2n) is 20.2. The summed E-state index contributed by atoms with van der Waals surface area (Å²) < 4.78 is 9.28. The Kier molecular flexibility index (Phi) is 7.82. The first-order valence-corrected chi connectivity index (χ1v) is 24.8. The average Bonchev–Trinajstić information content (AvgIpc) is 4.20. The number of fused-ring (bicyclic) bond motifs is 19. The molecule has 5 heteroatoms. The highest BCUT2D eigenvalue weighted by atomic mass is 16.3. The number of para-hydroxylation sites is 2. The smallest absolute Gasteiger partial charge is 0.164 e. The molecule has 72 heavy (non-hydrogen) atoms. The highest BCUT2D eigenvalue weighted by Crippen LogP contribution is 2.63. The van der Waals surface area contributed by atoms with Gasteiger partial charge in [0.2, 0.25) is 0 Å². The molecule has 0 fully saturated rings. The molecule has 13 aromatic rings. The number of furan rings is 1. The minimum atomic E-state index is -0.510. The maximum Gasteiger partial charge on any atom is 0.164 e. The van der Waals surface area contributed by atoms with Gasteiger partial charge in [-0.15, -0.1) is 0 Å². The van der Waals surface area contributed by atoms with Gasteiger partial charge in [0, 0.05) is 49.7 Å². The first-order valence-electron chi connectivity index (χ1n) is 24.8. The van der Waals surface area contributed by atoms with Gasteiger partial charge in [0.05, 0.1) is 22.1 Å². The van der Waals surface area contributed by atoms with E-state index in [-0.39, 0.29) is 5.41 Å². The van der Waals surface area contributed by atoms with E-state index in [1.165, 1.54) is 77.5 Å². The Balaban J connectivity index is 0.962. The molecule has 0 unspecified atom stereocenters. The monoisotopic (exact) mass is 918 g/mol. The summed E-state index contributed by atoms with van der Waals surface area (Å²) in [5.74, 6) is 1.78. The molecule has 0 bridgehead atoms. The van der Waals surface area contributed by atoms with E-state index in [1.54, 1.807) is 0 Å². The maximum atomic E-state index is 6.86. The van der Waals surface area contributed by atoms with Crippen LogP contribution in [0.4, 0.5) is 0 Å². The van der Waals surface area contributed by atoms with Crippen LogP contribution in [0.25, 0.3) is 117 Å². The topological polar surface area (TPSA) is 56.7 Å². The first kappa shape index (κ1) is 39.6. The molecule has 16 rings (SSSR count). The molecule has 3 aliphatic carbocycles. The van der Waals surface area contributed by atoms with Crippen LogP contribution >= 0.6 is 0 Å². The van der Waals surface area contributed by atoms with E-state index in [0.29, 0.717) is 17.5 Å². The number of rotatable bonds is 4. The molecule has 5 nitrogen and oxygen atoms in total. The van der Waals surface area contributed by atoms with Crippen molar-refractivity contribution in [3.63, 3.8) is 0 Å². The molecule has 10 aromatic carbocycles. The predicted octanol–water partition coefficient (Wildman–Crippen LogP) is 16.5. The molecule has 0 radical (unpaired) electrons. The van der Waals surface area contributed by atoms with Crippen LogP contribution < -0.4 is 0 Å². The Morgan fingerprint density at radius 3 is 1.61 bits per heavy atom. The lowest BCUT2D eigenvalue weighted by Crippen LogP contribution is -2.25. The Bertz CT molecular complexity index is 4430. The molecule has 0 amide bonds. The van der Waals surface area contributed by atoms with Crippen molar-refractivity contribution in [3.05, 3.63) is 252 Å². The minimum absolute atomic E-state index is 0.172. The van der Waals surface area contributed by atoms with Crippen LogP contribution in [0.5, 0.6) is 0 Å². The van der Waals surface area contributed by atoms with E-state index in [9.17, 15) is 0 Å². The molecule has 336 valence electrons. The van der Waals surface area contributed by atoms with Gasteiger partial charge in [0.1, 0.15) is 11.2 Å². The lowest BCUT2D eigenvalue weighted by Gasteiger charge is -2.30. The van der Waals surface area contributed by atoms with Crippen LogP contribution in [0.15, 0.2) is 223 Å². The van der Waals surface area contributed by atoms with Crippen molar-refractivity contribution < 1.29 is 4.42 Å². The van der Waals surface area contributed by atoms with Crippen LogP contribution in [0.3, 0.4) is 0 Å². The third-order valence-corrected chi connectivity index (χ3v) is 16.3. The molecule has 1 spiro atoms. The van der Waals surface area contributed by atoms with Gasteiger partial charge in [-0.05, 0) is 103 Å². The number of hydrogen-bond acceptors (Lipinski definition) is 4. The van der Waals surface area contributed by atoms with Crippen LogP contribution in [0.1, 0.15) is 47.2 Å². The summed E-state index contributed by atoms with van der Waals surface area (Å²) in [5.41, 5.74) is 22.3. The number of hydrogen-bond donors (Lipinski definition) is 0. The zero-order chi connectivity index (χ0) is 47.5. The fourth-order valence-corrected chi connectivity index (χ4v) is 13.2. The summed E-state index contributed by atoms with van der Waals surface area (Å²) in [6.45, 7) is 4.70. The minimum Gasteiger partial charge on any atom is -0.456 e. The standard InChI is InChI=1S/C67H42N4O/c1-66(2)52-26-12-6-23-45(52)49-37-50-47-24-10-16-30-58(47)71(59(50)38-56(49)66)41-35-51(62-48-25-11-17-31-60(48)72-61(62)36-41)65-69-63(39-18-4-3-5-19-39)68-64(70-65)40-32-33-46-44-22-9-15-29-55(44)67(57(46)34-40)53-27-13-7-20-42(53)43-21-8-14-28-54(43)67/h3-38H,1-2H3. The fourth-order valence-electron chi connectivity index (χ4n) is 13.2. The molecule has 0 atom stereocenters. The van der Waals surface area contributed by atoms with Gasteiger partial charge in [-0.1, -0.05) is 190 Å². The van der Waals surface area contributed by atoms with Crippen molar-refractivity contribution in [1.82, 2.24) is 19.5 Å². The number of benzene rings is 10. The van der Waals surface area contributed by atoms with Gasteiger partial charge >= 0.3 is 0 Å².